The summed E-state index contributed by atoms with van der Waals surface area (Å²) in [6.07, 6.45) is 0.598. The van der Waals surface area contributed by atoms with Crippen LogP contribution in [-0.2, 0) is 4.79 Å². The maximum Gasteiger partial charge on any atom is 0.219 e. The van der Waals surface area contributed by atoms with Gasteiger partial charge in [0.2, 0.25) is 5.91 Å². The molecule has 1 N–H and O–H groups in total. The Bertz CT molecular complexity index is 187. The normalized spacial score (nSPS) is 20.9. The van der Waals surface area contributed by atoms with E-state index in [4.69, 9.17) is 5.11 Å². The second-order valence-electron chi connectivity index (χ2n) is 3.99. The minimum atomic E-state index is -0.221. The van der Waals surface area contributed by atoms with E-state index in [1.807, 2.05) is 11.8 Å². The SMILES string of the molecule is CC(=O)N1CCN(CCC(C)O)CC1. The molecule has 0 aromatic carbocycles. The Kier molecular flexibility index (Phi) is 4.35. The second-order valence-corrected chi connectivity index (χ2v) is 3.99. The van der Waals surface area contributed by atoms with Gasteiger partial charge in [0, 0.05) is 39.6 Å². The van der Waals surface area contributed by atoms with E-state index in [1.54, 1.807) is 6.92 Å². The zero-order valence-electron chi connectivity index (χ0n) is 9.07. The minimum absolute atomic E-state index is 0.167. The average Bonchev–Trinajstić information content (AvgIpc) is 2.15. The molecule has 1 amide bonds. The maximum absolute atomic E-state index is 11.0. The van der Waals surface area contributed by atoms with Crippen molar-refractivity contribution in [1.29, 1.82) is 0 Å². The molecule has 1 heterocycles. The number of amides is 1. The lowest BCUT2D eigenvalue weighted by molar-refractivity contribution is -0.130. The van der Waals surface area contributed by atoms with Gasteiger partial charge in [0.15, 0.2) is 0 Å². The van der Waals surface area contributed by atoms with Crippen LogP contribution in [-0.4, -0.2) is 59.6 Å². The molecule has 1 atom stereocenters. The molecule has 0 bridgehead atoms. The Morgan fingerprint density at radius 2 is 1.93 bits per heavy atom. The van der Waals surface area contributed by atoms with Gasteiger partial charge in [0.05, 0.1) is 6.10 Å². The maximum atomic E-state index is 11.0. The third-order valence-electron chi connectivity index (χ3n) is 2.68. The molecule has 1 unspecified atom stereocenters. The molecule has 0 radical (unpaired) electrons. The van der Waals surface area contributed by atoms with Crippen molar-refractivity contribution in [3.05, 3.63) is 0 Å². The lowest BCUT2D eigenvalue weighted by atomic mass is 10.2. The van der Waals surface area contributed by atoms with Crippen LogP contribution in [0.2, 0.25) is 0 Å². The summed E-state index contributed by atoms with van der Waals surface area (Å²) < 4.78 is 0. The highest BCUT2D eigenvalue weighted by atomic mass is 16.3. The van der Waals surface area contributed by atoms with Crippen LogP contribution in [0.1, 0.15) is 20.3 Å². The zero-order chi connectivity index (χ0) is 10.6. The van der Waals surface area contributed by atoms with Crippen molar-refractivity contribution in [2.75, 3.05) is 32.7 Å². The third-order valence-corrected chi connectivity index (χ3v) is 2.68. The third kappa shape index (κ3) is 3.64. The molecule has 4 nitrogen and oxygen atoms in total. The van der Waals surface area contributed by atoms with Gasteiger partial charge in [-0.15, -0.1) is 0 Å². The van der Waals surface area contributed by atoms with Crippen molar-refractivity contribution in [1.82, 2.24) is 9.80 Å². The van der Waals surface area contributed by atoms with E-state index in [0.717, 1.165) is 39.1 Å². The number of rotatable bonds is 3. The van der Waals surface area contributed by atoms with Crippen LogP contribution in [0.3, 0.4) is 0 Å². The van der Waals surface area contributed by atoms with E-state index < -0.39 is 0 Å². The van der Waals surface area contributed by atoms with Gasteiger partial charge >= 0.3 is 0 Å². The summed E-state index contributed by atoms with van der Waals surface area (Å²) in [5, 5.41) is 9.13. The molecule has 1 fully saturated rings. The predicted molar refractivity (Wildman–Crippen MR) is 55.0 cm³/mol. The Balaban J connectivity index is 2.19. The van der Waals surface area contributed by atoms with E-state index in [1.165, 1.54) is 0 Å². The fourth-order valence-corrected chi connectivity index (χ4v) is 1.66. The first-order valence-electron chi connectivity index (χ1n) is 5.25. The highest BCUT2D eigenvalue weighted by molar-refractivity contribution is 5.73. The van der Waals surface area contributed by atoms with Crippen molar-refractivity contribution in [3.63, 3.8) is 0 Å². The molecule has 82 valence electrons. The standard InChI is InChI=1S/C10H20N2O2/c1-9(13)3-4-11-5-7-12(8-6-11)10(2)14/h9,13H,3-8H2,1-2H3. The number of piperazine rings is 1. The molecular weight excluding hydrogens is 180 g/mol. The molecule has 1 rings (SSSR count). The van der Waals surface area contributed by atoms with Gasteiger partial charge in [-0.2, -0.15) is 0 Å². The largest absolute Gasteiger partial charge is 0.393 e. The van der Waals surface area contributed by atoms with Crippen LogP contribution >= 0.6 is 0 Å². The fourth-order valence-electron chi connectivity index (χ4n) is 1.66. The van der Waals surface area contributed by atoms with Gasteiger partial charge in [0.25, 0.3) is 0 Å². The van der Waals surface area contributed by atoms with Gasteiger partial charge in [-0.05, 0) is 13.3 Å². The molecule has 1 saturated heterocycles. The van der Waals surface area contributed by atoms with Crippen LogP contribution in [0.5, 0.6) is 0 Å². The van der Waals surface area contributed by atoms with E-state index in [0.29, 0.717) is 0 Å². The van der Waals surface area contributed by atoms with Crippen LogP contribution in [0.15, 0.2) is 0 Å². The van der Waals surface area contributed by atoms with Crippen LogP contribution in [0.4, 0.5) is 0 Å². The highest BCUT2D eigenvalue weighted by Gasteiger charge is 2.18. The zero-order valence-corrected chi connectivity index (χ0v) is 9.07. The Morgan fingerprint density at radius 1 is 1.36 bits per heavy atom. The lowest BCUT2D eigenvalue weighted by Gasteiger charge is -2.34. The van der Waals surface area contributed by atoms with Crippen molar-refractivity contribution in [2.45, 2.75) is 26.4 Å². The molecule has 0 spiro atoms. The van der Waals surface area contributed by atoms with Gasteiger partial charge in [-0.1, -0.05) is 0 Å². The predicted octanol–water partition coefficient (Wildman–Crippen LogP) is -0.0786. The van der Waals surface area contributed by atoms with E-state index in [2.05, 4.69) is 4.90 Å². The number of aliphatic hydroxyl groups is 1. The van der Waals surface area contributed by atoms with Crippen molar-refractivity contribution in [3.8, 4) is 0 Å². The van der Waals surface area contributed by atoms with Crippen LogP contribution in [0.25, 0.3) is 0 Å². The van der Waals surface area contributed by atoms with Gasteiger partial charge in [-0.25, -0.2) is 0 Å². The molecule has 0 saturated carbocycles. The number of hydrogen-bond donors (Lipinski definition) is 1. The number of carbonyl (C=O) groups excluding carboxylic acids is 1. The van der Waals surface area contributed by atoms with Gasteiger partial charge < -0.3 is 10.0 Å². The van der Waals surface area contributed by atoms with Crippen molar-refractivity contribution >= 4 is 5.91 Å². The summed E-state index contributed by atoms with van der Waals surface area (Å²) in [6, 6.07) is 0. The molecular formula is C10H20N2O2. The van der Waals surface area contributed by atoms with Crippen molar-refractivity contribution < 1.29 is 9.90 Å². The summed E-state index contributed by atoms with van der Waals surface area (Å²) in [5.41, 5.74) is 0. The number of carbonyl (C=O) groups is 1. The van der Waals surface area contributed by atoms with Gasteiger partial charge in [-0.3, -0.25) is 9.69 Å². The Hall–Kier alpha value is -0.610. The summed E-state index contributed by atoms with van der Waals surface area (Å²) >= 11 is 0. The fraction of sp³-hybridized carbons (Fsp3) is 0.900. The number of nitrogens with zero attached hydrogens (tertiary/aromatic N) is 2. The summed E-state index contributed by atoms with van der Waals surface area (Å²) in [7, 11) is 0. The second kappa shape index (κ2) is 5.32. The van der Waals surface area contributed by atoms with E-state index in [9.17, 15) is 4.79 Å². The molecule has 0 aliphatic carbocycles. The Labute approximate surface area is 85.5 Å². The topological polar surface area (TPSA) is 43.8 Å². The molecule has 1 aliphatic rings. The highest BCUT2D eigenvalue weighted by Crippen LogP contribution is 2.03. The molecule has 1 aliphatic heterocycles. The number of hydrogen-bond acceptors (Lipinski definition) is 3. The van der Waals surface area contributed by atoms with Gasteiger partial charge in [0.1, 0.15) is 0 Å². The summed E-state index contributed by atoms with van der Waals surface area (Å²) in [5.74, 6) is 0.167. The first kappa shape index (κ1) is 11.5. The van der Waals surface area contributed by atoms with E-state index >= 15 is 0 Å². The average molecular weight is 200 g/mol. The first-order chi connectivity index (χ1) is 6.59. The number of aliphatic hydroxyl groups excluding tert-OH is 1. The minimum Gasteiger partial charge on any atom is -0.393 e. The lowest BCUT2D eigenvalue weighted by Crippen LogP contribution is -2.48. The monoisotopic (exact) mass is 200 g/mol. The smallest absolute Gasteiger partial charge is 0.219 e. The summed E-state index contributed by atoms with van der Waals surface area (Å²) in [6.45, 7) is 7.89. The van der Waals surface area contributed by atoms with E-state index in [-0.39, 0.29) is 12.0 Å². The quantitative estimate of drug-likeness (QED) is 0.693. The molecule has 0 aromatic rings. The Morgan fingerprint density at radius 3 is 2.36 bits per heavy atom. The molecule has 14 heavy (non-hydrogen) atoms. The first-order valence-corrected chi connectivity index (χ1v) is 5.25. The van der Waals surface area contributed by atoms with Crippen LogP contribution < -0.4 is 0 Å². The summed E-state index contributed by atoms with van der Waals surface area (Å²) in [4.78, 5) is 15.2. The van der Waals surface area contributed by atoms with Crippen LogP contribution in [0, 0.1) is 0 Å². The molecule has 4 heteroatoms. The van der Waals surface area contributed by atoms with Crippen molar-refractivity contribution in [2.24, 2.45) is 0 Å². The molecule has 0 aromatic heterocycles.